The largest absolute Gasteiger partial charge is 0.505 e. The lowest BCUT2D eigenvalue weighted by Crippen LogP contribution is -2.29. The van der Waals surface area contributed by atoms with Gasteiger partial charge >= 0.3 is 0 Å². The maximum atomic E-state index is 11.8. The molecule has 0 spiro atoms. The van der Waals surface area contributed by atoms with Gasteiger partial charge in [-0.25, -0.2) is 0 Å². The third kappa shape index (κ3) is 1.92. The van der Waals surface area contributed by atoms with Gasteiger partial charge in [0.15, 0.2) is 0 Å². The number of aliphatic hydroxyl groups is 1. The smallest absolute Gasteiger partial charge is 0.257 e. The van der Waals surface area contributed by atoms with E-state index in [0.29, 0.717) is 19.5 Å². The van der Waals surface area contributed by atoms with Crippen LogP contribution in [0.25, 0.3) is 0 Å². The van der Waals surface area contributed by atoms with Crippen molar-refractivity contribution < 1.29 is 15.0 Å². The summed E-state index contributed by atoms with van der Waals surface area (Å²) in [5.74, 6) is -0.379. The molecule has 0 unspecified atom stereocenters. The molecular weight excluding hydrogens is 196 g/mol. The monoisotopic (exact) mass is 208 g/mol. The molecule has 0 aromatic carbocycles. The molecule has 1 aliphatic heterocycles. The van der Waals surface area contributed by atoms with E-state index in [1.165, 1.54) is 23.4 Å². The number of amides is 1. The number of carbonyl (C=O) groups is 1. The molecule has 0 bridgehead atoms. The van der Waals surface area contributed by atoms with Gasteiger partial charge in [0, 0.05) is 19.3 Å². The number of hydrogen-bond acceptors (Lipinski definition) is 4. The number of aliphatic hydroxyl groups excluding tert-OH is 1. The number of likely N-dealkylation sites (tertiary alicyclic amines) is 1. The van der Waals surface area contributed by atoms with Crippen molar-refractivity contribution in [2.24, 2.45) is 0 Å². The minimum atomic E-state index is -0.446. The molecule has 1 aromatic heterocycles. The molecule has 1 amide bonds. The van der Waals surface area contributed by atoms with Crippen molar-refractivity contribution in [3.63, 3.8) is 0 Å². The predicted octanol–water partition coefficient (Wildman–Crippen LogP) is -0.00600. The van der Waals surface area contributed by atoms with Gasteiger partial charge in [-0.05, 0) is 12.5 Å². The molecule has 1 fully saturated rings. The Bertz CT molecular complexity index is 381. The van der Waals surface area contributed by atoms with Gasteiger partial charge in [-0.15, -0.1) is 0 Å². The van der Waals surface area contributed by atoms with Gasteiger partial charge in [-0.2, -0.15) is 0 Å². The minimum absolute atomic E-state index is 0.121. The normalized spacial score (nSPS) is 20.6. The lowest BCUT2D eigenvalue weighted by molar-refractivity contribution is 0.0762. The molecule has 1 aliphatic rings. The Hall–Kier alpha value is -1.62. The third-order valence-corrected chi connectivity index (χ3v) is 2.48. The first-order valence-corrected chi connectivity index (χ1v) is 4.79. The van der Waals surface area contributed by atoms with Gasteiger partial charge in [0.25, 0.3) is 5.91 Å². The van der Waals surface area contributed by atoms with Crippen molar-refractivity contribution >= 4 is 5.91 Å². The van der Waals surface area contributed by atoms with Crippen LogP contribution in [0.15, 0.2) is 18.5 Å². The molecule has 0 aliphatic carbocycles. The standard InChI is InChI=1S/C10H12N2O3/c13-7-2-4-12(6-7)10(15)8-1-3-11-5-9(8)14/h1,3,5,7,13-14H,2,4,6H2/t7-/m0/s1. The number of aromatic hydroxyl groups is 1. The zero-order chi connectivity index (χ0) is 10.8. The van der Waals surface area contributed by atoms with E-state index in [0.717, 1.165) is 0 Å². The maximum absolute atomic E-state index is 11.8. The van der Waals surface area contributed by atoms with Crippen LogP contribution in [0, 0.1) is 0 Å². The fraction of sp³-hybridized carbons (Fsp3) is 0.400. The summed E-state index contributed by atoms with van der Waals surface area (Å²) in [7, 11) is 0. The van der Waals surface area contributed by atoms with Crippen molar-refractivity contribution in [2.45, 2.75) is 12.5 Å². The Morgan fingerprint density at radius 2 is 2.40 bits per heavy atom. The summed E-state index contributed by atoms with van der Waals surface area (Å²) in [5, 5.41) is 18.7. The van der Waals surface area contributed by atoms with E-state index in [4.69, 9.17) is 0 Å². The van der Waals surface area contributed by atoms with E-state index >= 15 is 0 Å². The topological polar surface area (TPSA) is 73.7 Å². The summed E-state index contributed by atoms with van der Waals surface area (Å²) in [6, 6.07) is 1.47. The Morgan fingerprint density at radius 1 is 1.60 bits per heavy atom. The predicted molar refractivity (Wildman–Crippen MR) is 52.4 cm³/mol. The second kappa shape index (κ2) is 3.86. The summed E-state index contributed by atoms with van der Waals surface area (Å²) in [5.41, 5.74) is 0.235. The maximum Gasteiger partial charge on any atom is 0.257 e. The molecule has 0 saturated carbocycles. The van der Waals surface area contributed by atoms with E-state index < -0.39 is 6.10 Å². The highest BCUT2D eigenvalue weighted by molar-refractivity contribution is 5.96. The Balaban J connectivity index is 2.18. The van der Waals surface area contributed by atoms with E-state index in [-0.39, 0.29) is 17.2 Å². The molecule has 5 heteroatoms. The zero-order valence-corrected chi connectivity index (χ0v) is 8.13. The Morgan fingerprint density at radius 3 is 3.00 bits per heavy atom. The second-order valence-corrected chi connectivity index (χ2v) is 3.59. The molecular formula is C10H12N2O3. The van der Waals surface area contributed by atoms with Crippen LogP contribution in [0.1, 0.15) is 16.8 Å². The zero-order valence-electron chi connectivity index (χ0n) is 8.13. The van der Waals surface area contributed by atoms with Crippen LogP contribution in [0.5, 0.6) is 5.75 Å². The number of aromatic nitrogens is 1. The second-order valence-electron chi connectivity index (χ2n) is 3.59. The quantitative estimate of drug-likeness (QED) is 0.681. The van der Waals surface area contributed by atoms with Crippen molar-refractivity contribution in [3.8, 4) is 5.75 Å². The first-order chi connectivity index (χ1) is 7.18. The highest BCUT2D eigenvalue weighted by atomic mass is 16.3. The van der Waals surface area contributed by atoms with Crippen molar-refractivity contribution in [1.82, 2.24) is 9.88 Å². The highest BCUT2D eigenvalue weighted by Crippen LogP contribution is 2.19. The Labute approximate surface area is 87.0 Å². The molecule has 1 atom stereocenters. The van der Waals surface area contributed by atoms with Gasteiger partial charge in [0.2, 0.25) is 0 Å². The van der Waals surface area contributed by atoms with Crippen LogP contribution in [0.4, 0.5) is 0 Å². The molecule has 0 radical (unpaired) electrons. The first kappa shape index (κ1) is 9.92. The van der Waals surface area contributed by atoms with Crippen LogP contribution >= 0.6 is 0 Å². The Kier molecular flexibility index (Phi) is 2.55. The van der Waals surface area contributed by atoms with Crippen LogP contribution in [0.2, 0.25) is 0 Å². The molecule has 80 valence electrons. The number of carbonyl (C=O) groups excluding carboxylic acids is 1. The van der Waals surface area contributed by atoms with Crippen LogP contribution in [0.3, 0.4) is 0 Å². The fourth-order valence-electron chi connectivity index (χ4n) is 1.66. The van der Waals surface area contributed by atoms with Crippen LogP contribution < -0.4 is 0 Å². The molecule has 1 saturated heterocycles. The number of pyridine rings is 1. The van der Waals surface area contributed by atoms with Crippen LogP contribution in [-0.4, -0.2) is 45.2 Å². The summed E-state index contributed by atoms with van der Waals surface area (Å²) >= 11 is 0. The molecule has 2 heterocycles. The van der Waals surface area contributed by atoms with E-state index in [1.807, 2.05) is 0 Å². The van der Waals surface area contributed by atoms with Crippen molar-refractivity contribution in [3.05, 3.63) is 24.0 Å². The van der Waals surface area contributed by atoms with Crippen molar-refractivity contribution in [2.75, 3.05) is 13.1 Å². The summed E-state index contributed by atoms with van der Waals surface area (Å²) in [4.78, 5) is 17.1. The van der Waals surface area contributed by atoms with E-state index in [2.05, 4.69) is 4.98 Å². The van der Waals surface area contributed by atoms with Gasteiger partial charge in [-0.1, -0.05) is 0 Å². The lowest BCUT2D eigenvalue weighted by atomic mass is 10.2. The van der Waals surface area contributed by atoms with E-state index in [9.17, 15) is 15.0 Å². The van der Waals surface area contributed by atoms with Gasteiger partial charge in [-0.3, -0.25) is 9.78 Å². The SMILES string of the molecule is O=C(c1ccncc1O)N1CC[C@H](O)C1. The minimum Gasteiger partial charge on any atom is -0.505 e. The highest BCUT2D eigenvalue weighted by Gasteiger charge is 2.26. The van der Waals surface area contributed by atoms with Crippen LogP contribution in [-0.2, 0) is 0 Å². The molecule has 1 aromatic rings. The lowest BCUT2D eigenvalue weighted by Gasteiger charge is -2.15. The number of rotatable bonds is 1. The van der Waals surface area contributed by atoms with Crippen molar-refractivity contribution in [1.29, 1.82) is 0 Å². The summed E-state index contributed by atoms with van der Waals surface area (Å²) < 4.78 is 0. The third-order valence-electron chi connectivity index (χ3n) is 2.48. The number of hydrogen-bond donors (Lipinski definition) is 2. The molecule has 2 rings (SSSR count). The molecule has 5 nitrogen and oxygen atoms in total. The number of β-amino-alcohol motifs (C(OH)–C–C–N with tert-alkyl or cyclic N) is 1. The summed E-state index contributed by atoms with van der Waals surface area (Å²) in [6.07, 6.45) is 2.84. The van der Waals surface area contributed by atoms with Gasteiger partial charge < -0.3 is 15.1 Å². The summed E-state index contributed by atoms with van der Waals surface area (Å²) in [6.45, 7) is 0.863. The first-order valence-electron chi connectivity index (χ1n) is 4.79. The average molecular weight is 208 g/mol. The average Bonchev–Trinajstić information content (AvgIpc) is 2.65. The van der Waals surface area contributed by atoms with Gasteiger partial charge in [0.05, 0.1) is 17.9 Å². The molecule has 15 heavy (non-hydrogen) atoms. The molecule has 2 N–H and O–H groups in total. The number of nitrogens with zero attached hydrogens (tertiary/aromatic N) is 2. The fourth-order valence-corrected chi connectivity index (χ4v) is 1.66. The van der Waals surface area contributed by atoms with Gasteiger partial charge in [0.1, 0.15) is 5.75 Å². The van der Waals surface area contributed by atoms with E-state index in [1.54, 1.807) is 0 Å².